The molecular weight excluding hydrogens is 275 g/mol. The molecule has 0 aliphatic heterocycles. The highest BCUT2D eigenvalue weighted by Gasteiger charge is 2.27. The van der Waals surface area contributed by atoms with E-state index in [9.17, 15) is 14.3 Å². The lowest BCUT2D eigenvalue weighted by Crippen LogP contribution is -2.37. The molecule has 0 saturated heterocycles. The van der Waals surface area contributed by atoms with Gasteiger partial charge in [-0.15, -0.1) is 0 Å². The number of hydrogen-bond donors (Lipinski definition) is 2. The molecule has 1 fully saturated rings. The van der Waals surface area contributed by atoms with Crippen LogP contribution in [-0.4, -0.2) is 42.8 Å². The molecule has 2 unspecified atom stereocenters. The number of hydrogen-bond acceptors (Lipinski definition) is 3. The van der Waals surface area contributed by atoms with Crippen molar-refractivity contribution >= 4 is 11.7 Å². The van der Waals surface area contributed by atoms with Crippen LogP contribution in [0.2, 0.25) is 0 Å². The lowest BCUT2D eigenvalue weighted by Gasteiger charge is -2.24. The number of benzene rings is 1. The van der Waals surface area contributed by atoms with E-state index in [0.717, 1.165) is 19.3 Å². The van der Waals surface area contributed by atoms with Gasteiger partial charge in [0.15, 0.2) is 0 Å². The minimum atomic E-state index is -0.424. The van der Waals surface area contributed by atoms with Crippen LogP contribution in [0.25, 0.3) is 0 Å². The van der Waals surface area contributed by atoms with E-state index in [4.69, 9.17) is 4.74 Å². The number of anilines is 1. The number of aliphatic hydroxyl groups is 1. The molecule has 0 aromatic heterocycles. The van der Waals surface area contributed by atoms with Crippen LogP contribution in [0.15, 0.2) is 18.2 Å². The van der Waals surface area contributed by atoms with Crippen LogP contribution in [0.1, 0.15) is 19.3 Å². The van der Waals surface area contributed by atoms with Gasteiger partial charge < -0.3 is 20.1 Å². The maximum atomic E-state index is 13.1. The molecule has 0 radical (unpaired) electrons. The molecule has 21 heavy (non-hydrogen) atoms. The third-order valence-electron chi connectivity index (χ3n) is 3.88. The molecule has 2 atom stereocenters. The third-order valence-corrected chi connectivity index (χ3v) is 3.88. The fraction of sp³-hybridized carbons (Fsp3) is 0.533. The minimum absolute atomic E-state index is 0.121. The SMILES string of the molecule is COc1cc(F)ccc1NC(=O)N(C)CC1CCCC1O. The van der Waals surface area contributed by atoms with E-state index in [0.29, 0.717) is 12.2 Å². The number of aliphatic hydroxyl groups excluding tert-OH is 1. The first-order chi connectivity index (χ1) is 10.0. The van der Waals surface area contributed by atoms with E-state index < -0.39 is 5.82 Å². The van der Waals surface area contributed by atoms with Gasteiger partial charge in [0.25, 0.3) is 0 Å². The predicted molar refractivity (Wildman–Crippen MR) is 77.9 cm³/mol. The molecule has 5 nitrogen and oxygen atoms in total. The molecule has 1 saturated carbocycles. The molecule has 1 aromatic carbocycles. The highest BCUT2D eigenvalue weighted by atomic mass is 19.1. The molecule has 2 amide bonds. The maximum Gasteiger partial charge on any atom is 0.321 e. The fourth-order valence-electron chi connectivity index (χ4n) is 2.64. The molecule has 1 aliphatic rings. The summed E-state index contributed by atoms with van der Waals surface area (Å²) in [6, 6.07) is 3.64. The Kier molecular flexibility index (Phi) is 5.01. The zero-order valence-corrected chi connectivity index (χ0v) is 12.3. The second kappa shape index (κ2) is 6.76. The number of carbonyl (C=O) groups excluding carboxylic acids is 1. The molecule has 0 heterocycles. The van der Waals surface area contributed by atoms with Crippen LogP contribution in [0.4, 0.5) is 14.9 Å². The fourth-order valence-corrected chi connectivity index (χ4v) is 2.64. The third kappa shape index (κ3) is 3.85. The van der Waals surface area contributed by atoms with Crippen LogP contribution in [0, 0.1) is 11.7 Å². The largest absolute Gasteiger partial charge is 0.494 e. The van der Waals surface area contributed by atoms with E-state index in [1.54, 1.807) is 7.05 Å². The molecule has 0 spiro atoms. The Morgan fingerprint density at radius 1 is 1.52 bits per heavy atom. The Morgan fingerprint density at radius 3 is 2.90 bits per heavy atom. The zero-order chi connectivity index (χ0) is 15.4. The molecule has 1 aromatic rings. The molecular formula is C15H21FN2O3. The Hall–Kier alpha value is -1.82. The quantitative estimate of drug-likeness (QED) is 0.897. The summed E-state index contributed by atoms with van der Waals surface area (Å²) in [6.45, 7) is 0.497. The van der Waals surface area contributed by atoms with Crippen molar-refractivity contribution in [3.8, 4) is 5.75 Å². The first-order valence-electron chi connectivity index (χ1n) is 7.05. The van der Waals surface area contributed by atoms with Gasteiger partial charge in [0, 0.05) is 25.6 Å². The summed E-state index contributed by atoms with van der Waals surface area (Å²) in [7, 11) is 3.10. The van der Waals surface area contributed by atoms with Crippen molar-refractivity contribution in [2.24, 2.45) is 5.92 Å². The number of carbonyl (C=O) groups is 1. The van der Waals surface area contributed by atoms with Crippen molar-refractivity contribution in [3.63, 3.8) is 0 Å². The Labute approximate surface area is 123 Å². The number of nitrogens with zero attached hydrogens (tertiary/aromatic N) is 1. The lowest BCUT2D eigenvalue weighted by atomic mass is 10.1. The normalized spacial score (nSPS) is 21.1. The summed E-state index contributed by atoms with van der Waals surface area (Å²) < 4.78 is 18.2. The highest BCUT2D eigenvalue weighted by Crippen LogP contribution is 2.27. The Bertz CT molecular complexity index is 510. The van der Waals surface area contributed by atoms with Crippen molar-refractivity contribution in [1.82, 2.24) is 4.90 Å². The van der Waals surface area contributed by atoms with E-state index in [1.165, 1.54) is 30.2 Å². The van der Waals surface area contributed by atoms with E-state index in [-0.39, 0.29) is 23.8 Å². The maximum absolute atomic E-state index is 13.1. The summed E-state index contributed by atoms with van der Waals surface area (Å²) in [5, 5.41) is 12.5. The van der Waals surface area contributed by atoms with E-state index in [2.05, 4.69) is 5.32 Å². The van der Waals surface area contributed by atoms with Gasteiger partial charge in [-0.05, 0) is 25.0 Å². The van der Waals surface area contributed by atoms with Gasteiger partial charge in [-0.3, -0.25) is 0 Å². The van der Waals surface area contributed by atoms with Gasteiger partial charge in [-0.25, -0.2) is 9.18 Å². The summed E-state index contributed by atoms with van der Waals surface area (Å²) in [5.41, 5.74) is 0.419. The predicted octanol–water partition coefficient (Wildman–Crippen LogP) is 2.46. The smallest absolute Gasteiger partial charge is 0.321 e. The number of nitrogens with one attached hydrogen (secondary N) is 1. The number of amides is 2. The van der Waals surface area contributed by atoms with Gasteiger partial charge in [0.2, 0.25) is 0 Å². The average Bonchev–Trinajstić information content (AvgIpc) is 2.86. The number of urea groups is 1. The van der Waals surface area contributed by atoms with Crippen LogP contribution in [0.3, 0.4) is 0 Å². The number of halogens is 1. The zero-order valence-electron chi connectivity index (χ0n) is 12.3. The topological polar surface area (TPSA) is 61.8 Å². The summed E-state index contributed by atoms with van der Waals surface area (Å²) in [5.74, 6) is -0.0270. The summed E-state index contributed by atoms with van der Waals surface area (Å²) >= 11 is 0. The Balaban J connectivity index is 1.97. The molecule has 116 valence electrons. The van der Waals surface area contributed by atoms with E-state index in [1.807, 2.05) is 0 Å². The van der Waals surface area contributed by atoms with Crippen molar-refractivity contribution < 1.29 is 19.0 Å². The van der Waals surface area contributed by atoms with Gasteiger partial charge >= 0.3 is 6.03 Å². The molecule has 0 bridgehead atoms. The number of rotatable bonds is 4. The van der Waals surface area contributed by atoms with Crippen LogP contribution in [0.5, 0.6) is 5.75 Å². The van der Waals surface area contributed by atoms with Crippen LogP contribution >= 0.6 is 0 Å². The molecule has 2 rings (SSSR count). The summed E-state index contributed by atoms with van der Waals surface area (Å²) in [4.78, 5) is 13.7. The molecule has 1 aliphatic carbocycles. The first-order valence-corrected chi connectivity index (χ1v) is 7.05. The number of ether oxygens (including phenoxy) is 1. The van der Waals surface area contributed by atoms with Gasteiger partial charge in [0.05, 0.1) is 18.9 Å². The highest BCUT2D eigenvalue weighted by molar-refractivity contribution is 5.90. The lowest BCUT2D eigenvalue weighted by molar-refractivity contribution is 0.116. The van der Waals surface area contributed by atoms with E-state index >= 15 is 0 Å². The monoisotopic (exact) mass is 296 g/mol. The average molecular weight is 296 g/mol. The summed E-state index contributed by atoms with van der Waals surface area (Å²) in [6.07, 6.45) is 2.39. The molecule has 2 N–H and O–H groups in total. The van der Waals surface area contributed by atoms with Crippen molar-refractivity contribution in [2.45, 2.75) is 25.4 Å². The van der Waals surface area contributed by atoms with Crippen LogP contribution < -0.4 is 10.1 Å². The number of methoxy groups -OCH3 is 1. The van der Waals surface area contributed by atoms with Crippen molar-refractivity contribution in [1.29, 1.82) is 0 Å². The minimum Gasteiger partial charge on any atom is -0.494 e. The second-order valence-electron chi connectivity index (χ2n) is 5.41. The van der Waals surface area contributed by atoms with Gasteiger partial charge in [0.1, 0.15) is 11.6 Å². The standard InChI is InChI=1S/C15H21FN2O3/c1-18(9-10-4-3-5-13(10)19)15(20)17-12-7-6-11(16)8-14(12)21-2/h6-8,10,13,19H,3-5,9H2,1-2H3,(H,17,20). The van der Waals surface area contributed by atoms with Gasteiger partial charge in [-0.1, -0.05) is 6.42 Å². The molecule has 6 heteroatoms. The van der Waals surface area contributed by atoms with Crippen molar-refractivity contribution in [3.05, 3.63) is 24.0 Å². The second-order valence-corrected chi connectivity index (χ2v) is 5.41. The first kappa shape index (κ1) is 15.6. The van der Waals surface area contributed by atoms with Crippen molar-refractivity contribution in [2.75, 3.05) is 26.0 Å². The van der Waals surface area contributed by atoms with Crippen LogP contribution in [-0.2, 0) is 0 Å². The van der Waals surface area contributed by atoms with Gasteiger partial charge in [-0.2, -0.15) is 0 Å². The Morgan fingerprint density at radius 2 is 2.29 bits per heavy atom.